The molecule has 0 bridgehead atoms. The minimum absolute atomic E-state index is 0.0898. The summed E-state index contributed by atoms with van der Waals surface area (Å²) in [5.74, 6) is 1.07. The van der Waals surface area contributed by atoms with Crippen LogP contribution in [0.25, 0.3) is 0 Å². The SMILES string of the molecule is CCC1c2cccn2CCN1C(=O)c1ccc(N2CCC2)nc1. The third-order valence-electron chi connectivity index (χ3n) is 4.99. The normalized spacial score (nSPS) is 20.1. The Morgan fingerprint density at radius 3 is 2.74 bits per heavy atom. The van der Waals surface area contributed by atoms with Gasteiger partial charge in [-0.15, -0.1) is 0 Å². The van der Waals surface area contributed by atoms with Crippen LogP contribution in [0.15, 0.2) is 36.7 Å². The molecule has 2 aliphatic heterocycles. The molecule has 0 saturated carbocycles. The number of hydrogen-bond acceptors (Lipinski definition) is 3. The van der Waals surface area contributed by atoms with Crippen LogP contribution in [0, 0.1) is 0 Å². The zero-order valence-electron chi connectivity index (χ0n) is 13.5. The maximum absolute atomic E-state index is 12.9. The minimum atomic E-state index is 0.0898. The molecule has 120 valence electrons. The van der Waals surface area contributed by atoms with Crippen molar-refractivity contribution in [1.29, 1.82) is 0 Å². The van der Waals surface area contributed by atoms with Crippen molar-refractivity contribution in [3.63, 3.8) is 0 Å². The van der Waals surface area contributed by atoms with Crippen molar-refractivity contribution in [2.45, 2.75) is 32.4 Å². The maximum Gasteiger partial charge on any atom is 0.256 e. The molecule has 5 nitrogen and oxygen atoms in total. The Morgan fingerprint density at radius 2 is 2.09 bits per heavy atom. The topological polar surface area (TPSA) is 41.4 Å². The van der Waals surface area contributed by atoms with E-state index in [0.29, 0.717) is 5.56 Å². The van der Waals surface area contributed by atoms with Crippen LogP contribution in [0.4, 0.5) is 5.82 Å². The zero-order valence-corrected chi connectivity index (χ0v) is 13.5. The fourth-order valence-electron chi connectivity index (χ4n) is 3.55. The molecular formula is C18H22N4O. The van der Waals surface area contributed by atoms with Gasteiger partial charge in [0.2, 0.25) is 0 Å². The van der Waals surface area contributed by atoms with Gasteiger partial charge in [0.25, 0.3) is 5.91 Å². The van der Waals surface area contributed by atoms with Crippen LogP contribution in [0.5, 0.6) is 0 Å². The molecule has 1 atom stereocenters. The van der Waals surface area contributed by atoms with E-state index in [9.17, 15) is 4.79 Å². The van der Waals surface area contributed by atoms with Gasteiger partial charge in [-0.3, -0.25) is 4.79 Å². The minimum Gasteiger partial charge on any atom is -0.356 e. The number of pyridine rings is 1. The van der Waals surface area contributed by atoms with Gasteiger partial charge in [0.1, 0.15) is 5.82 Å². The van der Waals surface area contributed by atoms with E-state index in [-0.39, 0.29) is 11.9 Å². The van der Waals surface area contributed by atoms with Gasteiger partial charge in [-0.1, -0.05) is 6.92 Å². The highest BCUT2D eigenvalue weighted by molar-refractivity contribution is 5.94. The average molecular weight is 310 g/mol. The molecule has 1 amide bonds. The second-order valence-electron chi connectivity index (χ2n) is 6.29. The fourth-order valence-corrected chi connectivity index (χ4v) is 3.55. The first-order valence-electron chi connectivity index (χ1n) is 8.45. The Balaban J connectivity index is 1.56. The molecule has 0 aromatic carbocycles. The van der Waals surface area contributed by atoms with E-state index in [1.54, 1.807) is 6.20 Å². The molecule has 23 heavy (non-hydrogen) atoms. The van der Waals surface area contributed by atoms with Crippen molar-refractivity contribution in [2.75, 3.05) is 24.5 Å². The third-order valence-corrected chi connectivity index (χ3v) is 4.99. The second-order valence-corrected chi connectivity index (χ2v) is 6.29. The number of anilines is 1. The third kappa shape index (κ3) is 2.40. The van der Waals surface area contributed by atoms with E-state index in [1.165, 1.54) is 12.1 Å². The molecule has 4 rings (SSSR count). The standard InChI is InChI=1S/C18H22N4O/c1-2-15-16-5-3-8-20(16)11-12-22(15)18(23)14-6-7-17(19-13-14)21-9-4-10-21/h3,5-8,13,15H,2,4,9-12H2,1H3. The molecule has 0 radical (unpaired) electrons. The molecule has 1 fully saturated rings. The monoisotopic (exact) mass is 310 g/mol. The number of aromatic nitrogens is 2. The summed E-state index contributed by atoms with van der Waals surface area (Å²) >= 11 is 0. The van der Waals surface area contributed by atoms with E-state index in [1.807, 2.05) is 17.0 Å². The van der Waals surface area contributed by atoms with Crippen LogP contribution in [0.1, 0.15) is 41.9 Å². The Morgan fingerprint density at radius 1 is 1.22 bits per heavy atom. The van der Waals surface area contributed by atoms with E-state index in [4.69, 9.17) is 0 Å². The predicted octanol–water partition coefficient (Wildman–Crippen LogP) is 2.70. The molecule has 0 spiro atoms. The highest BCUT2D eigenvalue weighted by Gasteiger charge is 2.30. The van der Waals surface area contributed by atoms with Crippen LogP contribution in [0.2, 0.25) is 0 Å². The molecule has 1 unspecified atom stereocenters. The summed E-state index contributed by atoms with van der Waals surface area (Å²) in [6.45, 7) is 5.90. The lowest BCUT2D eigenvalue weighted by Gasteiger charge is -2.36. The van der Waals surface area contributed by atoms with Crippen LogP contribution < -0.4 is 4.90 Å². The average Bonchev–Trinajstić information content (AvgIpc) is 3.01. The van der Waals surface area contributed by atoms with Crippen molar-refractivity contribution >= 4 is 11.7 Å². The number of hydrogen-bond donors (Lipinski definition) is 0. The van der Waals surface area contributed by atoms with Crippen molar-refractivity contribution in [1.82, 2.24) is 14.5 Å². The van der Waals surface area contributed by atoms with Crippen LogP contribution in [0.3, 0.4) is 0 Å². The Hall–Kier alpha value is -2.30. The van der Waals surface area contributed by atoms with Crippen molar-refractivity contribution in [2.24, 2.45) is 0 Å². The highest BCUT2D eigenvalue weighted by Crippen LogP contribution is 2.30. The zero-order chi connectivity index (χ0) is 15.8. The van der Waals surface area contributed by atoms with Crippen molar-refractivity contribution < 1.29 is 4.79 Å². The van der Waals surface area contributed by atoms with Gasteiger partial charge in [-0.05, 0) is 37.1 Å². The Labute approximate surface area is 136 Å². The van der Waals surface area contributed by atoms with Crippen molar-refractivity contribution in [3.8, 4) is 0 Å². The first-order chi connectivity index (χ1) is 11.3. The lowest BCUT2D eigenvalue weighted by Crippen LogP contribution is -2.41. The van der Waals surface area contributed by atoms with E-state index >= 15 is 0 Å². The number of carbonyl (C=O) groups is 1. The quantitative estimate of drug-likeness (QED) is 0.875. The number of fused-ring (bicyclic) bond motifs is 1. The van der Waals surface area contributed by atoms with Gasteiger partial charge >= 0.3 is 0 Å². The molecular weight excluding hydrogens is 288 g/mol. The van der Waals surface area contributed by atoms with Crippen LogP contribution in [-0.2, 0) is 6.54 Å². The number of carbonyl (C=O) groups excluding carboxylic acids is 1. The summed E-state index contributed by atoms with van der Waals surface area (Å²) in [6, 6.07) is 8.23. The molecule has 2 aromatic rings. The molecule has 0 N–H and O–H groups in total. The second kappa shape index (κ2) is 5.72. The predicted molar refractivity (Wildman–Crippen MR) is 89.6 cm³/mol. The van der Waals surface area contributed by atoms with Gasteiger partial charge in [-0.2, -0.15) is 0 Å². The molecule has 4 heterocycles. The van der Waals surface area contributed by atoms with Crippen LogP contribution >= 0.6 is 0 Å². The van der Waals surface area contributed by atoms with E-state index < -0.39 is 0 Å². The molecule has 0 aliphatic carbocycles. The summed E-state index contributed by atoms with van der Waals surface area (Å²) < 4.78 is 2.25. The summed E-state index contributed by atoms with van der Waals surface area (Å²) in [6.07, 6.45) is 5.99. The van der Waals surface area contributed by atoms with Gasteiger partial charge < -0.3 is 14.4 Å². The van der Waals surface area contributed by atoms with Gasteiger partial charge in [-0.25, -0.2) is 4.98 Å². The lowest BCUT2D eigenvalue weighted by atomic mass is 10.1. The highest BCUT2D eigenvalue weighted by atomic mass is 16.2. The Kier molecular flexibility index (Phi) is 3.56. The molecule has 2 aliphatic rings. The number of nitrogens with zero attached hydrogens (tertiary/aromatic N) is 4. The summed E-state index contributed by atoms with van der Waals surface area (Å²) in [4.78, 5) is 21.6. The molecule has 1 saturated heterocycles. The maximum atomic E-state index is 12.9. The molecule has 5 heteroatoms. The van der Waals surface area contributed by atoms with E-state index in [0.717, 1.165) is 38.4 Å². The van der Waals surface area contributed by atoms with Crippen LogP contribution in [-0.4, -0.2) is 40.0 Å². The van der Waals surface area contributed by atoms with Crippen molar-refractivity contribution in [3.05, 3.63) is 47.9 Å². The summed E-state index contributed by atoms with van der Waals surface area (Å²) in [5, 5.41) is 0. The first kappa shape index (κ1) is 14.3. The largest absolute Gasteiger partial charge is 0.356 e. The lowest BCUT2D eigenvalue weighted by molar-refractivity contribution is 0.0617. The smallest absolute Gasteiger partial charge is 0.256 e. The fraction of sp³-hybridized carbons (Fsp3) is 0.444. The van der Waals surface area contributed by atoms with Gasteiger partial charge in [0.05, 0.1) is 11.6 Å². The van der Waals surface area contributed by atoms with Gasteiger partial charge in [0, 0.05) is 44.3 Å². The van der Waals surface area contributed by atoms with E-state index in [2.05, 4.69) is 39.7 Å². The van der Waals surface area contributed by atoms with Gasteiger partial charge in [0.15, 0.2) is 0 Å². The number of amides is 1. The number of rotatable bonds is 3. The first-order valence-corrected chi connectivity index (χ1v) is 8.45. The summed E-state index contributed by atoms with van der Waals surface area (Å²) in [5.41, 5.74) is 1.92. The Bertz CT molecular complexity index is 702. The molecule has 2 aromatic heterocycles. The summed E-state index contributed by atoms with van der Waals surface area (Å²) in [7, 11) is 0.